The molecule has 0 unspecified atom stereocenters. The second kappa shape index (κ2) is 6.65. The average molecular weight is 278 g/mol. The van der Waals surface area contributed by atoms with E-state index in [9.17, 15) is 9.59 Å². The third kappa shape index (κ3) is 3.66. The first-order chi connectivity index (χ1) is 9.58. The predicted octanol–water partition coefficient (Wildman–Crippen LogP) is -0.131. The van der Waals surface area contributed by atoms with E-state index in [2.05, 4.69) is 15.5 Å². The fourth-order valence-electron chi connectivity index (χ4n) is 2.60. The number of hydrogen-bond acceptors (Lipinski definition) is 4. The lowest BCUT2D eigenvalue weighted by Gasteiger charge is -2.17. The second-order valence-electron chi connectivity index (χ2n) is 5.50. The number of carbonyl (C=O) groups excluding carboxylic acids is 1. The summed E-state index contributed by atoms with van der Waals surface area (Å²) in [5.74, 6) is 0.00768. The zero-order valence-corrected chi connectivity index (χ0v) is 12.2. The van der Waals surface area contributed by atoms with Gasteiger partial charge in [-0.15, -0.1) is 0 Å². The van der Waals surface area contributed by atoms with Gasteiger partial charge in [-0.2, -0.15) is 5.10 Å². The topological polar surface area (TPSA) is 78.1 Å². The van der Waals surface area contributed by atoms with Crippen molar-refractivity contribution >= 4 is 5.91 Å². The van der Waals surface area contributed by atoms with E-state index in [4.69, 9.17) is 0 Å². The molecule has 0 radical (unpaired) electrons. The summed E-state index contributed by atoms with van der Waals surface area (Å²) in [4.78, 5) is 25.1. The summed E-state index contributed by atoms with van der Waals surface area (Å²) in [6, 6.07) is 0. The molecule has 6 heteroatoms. The van der Waals surface area contributed by atoms with Crippen LogP contribution in [0.4, 0.5) is 0 Å². The van der Waals surface area contributed by atoms with Crippen LogP contribution in [-0.2, 0) is 24.1 Å². The first kappa shape index (κ1) is 14.7. The molecule has 0 saturated carbocycles. The van der Waals surface area contributed by atoms with Gasteiger partial charge in [0.05, 0.1) is 12.2 Å². The van der Waals surface area contributed by atoms with Crippen LogP contribution in [0.2, 0.25) is 0 Å². The summed E-state index contributed by atoms with van der Waals surface area (Å²) < 4.78 is 0. The maximum absolute atomic E-state index is 11.7. The maximum Gasteiger partial charge on any atom is 0.267 e. The van der Waals surface area contributed by atoms with Crippen molar-refractivity contribution in [3.8, 4) is 0 Å². The van der Waals surface area contributed by atoms with Crippen molar-refractivity contribution in [3.05, 3.63) is 27.2 Å². The predicted molar refractivity (Wildman–Crippen MR) is 76.8 cm³/mol. The number of hydrogen-bond donors (Lipinski definition) is 2. The minimum absolute atomic E-state index is 0.00768. The molecule has 0 fully saturated rings. The summed E-state index contributed by atoms with van der Waals surface area (Å²) >= 11 is 0. The Kier molecular flexibility index (Phi) is 4.89. The summed E-state index contributed by atoms with van der Waals surface area (Å²) in [5.41, 5.74) is 2.85. The zero-order valence-electron chi connectivity index (χ0n) is 12.2. The Hall–Kier alpha value is -1.69. The van der Waals surface area contributed by atoms with Gasteiger partial charge in [0.25, 0.3) is 5.56 Å². The highest BCUT2D eigenvalue weighted by Crippen LogP contribution is 2.20. The number of nitrogens with one attached hydrogen (secondary N) is 2. The molecule has 1 aliphatic carbocycles. The minimum atomic E-state index is -0.0555. The minimum Gasteiger partial charge on any atom is -0.355 e. The van der Waals surface area contributed by atoms with E-state index < -0.39 is 0 Å². The molecule has 110 valence electrons. The fraction of sp³-hybridized carbons (Fsp3) is 0.643. The fourth-order valence-corrected chi connectivity index (χ4v) is 2.60. The van der Waals surface area contributed by atoms with Crippen molar-refractivity contribution in [3.63, 3.8) is 0 Å². The van der Waals surface area contributed by atoms with Crippen LogP contribution in [0.3, 0.4) is 0 Å². The number of likely N-dealkylation sites (N-methyl/N-ethyl adjacent to an activating group) is 1. The number of carbonyl (C=O) groups is 1. The van der Waals surface area contributed by atoms with Crippen LogP contribution < -0.4 is 10.9 Å². The number of rotatable bonds is 5. The molecule has 1 aromatic rings. The molecule has 0 bridgehead atoms. The summed E-state index contributed by atoms with van der Waals surface area (Å²) in [6.45, 7) is 0.940. The Balaban J connectivity index is 1.97. The molecule has 1 heterocycles. The molecule has 20 heavy (non-hydrogen) atoms. The highest BCUT2D eigenvalue weighted by atomic mass is 16.2. The van der Waals surface area contributed by atoms with E-state index in [1.54, 1.807) is 0 Å². The van der Waals surface area contributed by atoms with E-state index in [1.807, 2.05) is 19.0 Å². The van der Waals surface area contributed by atoms with E-state index in [0.717, 1.165) is 42.5 Å². The molecule has 0 aliphatic heterocycles. The summed E-state index contributed by atoms with van der Waals surface area (Å²) in [5, 5.41) is 9.59. The van der Waals surface area contributed by atoms with Crippen molar-refractivity contribution in [1.82, 2.24) is 20.4 Å². The summed E-state index contributed by atoms with van der Waals surface area (Å²) in [6.07, 6.45) is 4.61. The van der Waals surface area contributed by atoms with Crippen LogP contribution in [0.5, 0.6) is 0 Å². The van der Waals surface area contributed by atoms with Crippen molar-refractivity contribution in [2.24, 2.45) is 0 Å². The Labute approximate surface area is 118 Å². The number of aromatic nitrogens is 2. The van der Waals surface area contributed by atoms with E-state index >= 15 is 0 Å². The van der Waals surface area contributed by atoms with Gasteiger partial charge in [-0.3, -0.25) is 9.59 Å². The van der Waals surface area contributed by atoms with Gasteiger partial charge in [-0.05, 0) is 45.3 Å². The number of nitrogens with zero attached hydrogens (tertiary/aromatic N) is 2. The van der Waals surface area contributed by atoms with Crippen LogP contribution in [0, 0.1) is 0 Å². The van der Waals surface area contributed by atoms with Crippen LogP contribution in [-0.4, -0.2) is 48.2 Å². The monoisotopic (exact) mass is 278 g/mol. The van der Waals surface area contributed by atoms with Gasteiger partial charge in [0.1, 0.15) is 0 Å². The number of fused-ring (bicyclic) bond motifs is 1. The lowest BCUT2D eigenvalue weighted by Crippen LogP contribution is -2.35. The number of H-pyrrole nitrogens is 1. The molecule has 0 saturated heterocycles. The standard InChI is InChI=1S/C14H22N4O2/c1-18(2)9-13(19)15-8-7-12-10-5-3-4-6-11(10)14(20)17-16-12/h3-9H2,1-2H3,(H,15,19)(H,17,20). The molecule has 6 nitrogen and oxygen atoms in total. The average Bonchev–Trinajstić information content (AvgIpc) is 2.41. The van der Waals surface area contributed by atoms with Gasteiger partial charge >= 0.3 is 0 Å². The van der Waals surface area contributed by atoms with Crippen molar-refractivity contribution < 1.29 is 4.79 Å². The largest absolute Gasteiger partial charge is 0.355 e. The first-order valence-electron chi connectivity index (χ1n) is 7.08. The second-order valence-corrected chi connectivity index (χ2v) is 5.50. The first-order valence-corrected chi connectivity index (χ1v) is 7.08. The van der Waals surface area contributed by atoms with Crippen LogP contribution in [0.1, 0.15) is 29.7 Å². The molecule has 2 N–H and O–H groups in total. The molecular formula is C14H22N4O2. The molecule has 2 rings (SSSR count). The van der Waals surface area contributed by atoms with Gasteiger partial charge in [0.15, 0.2) is 0 Å². The third-order valence-electron chi connectivity index (χ3n) is 3.53. The SMILES string of the molecule is CN(C)CC(=O)NCCc1n[nH]c(=O)c2c1CCCC2. The van der Waals surface area contributed by atoms with E-state index in [-0.39, 0.29) is 11.5 Å². The lowest BCUT2D eigenvalue weighted by molar-refractivity contribution is -0.121. The molecule has 0 spiro atoms. The third-order valence-corrected chi connectivity index (χ3v) is 3.53. The van der Waals surface area contributed by atoms with Gasteiger partial charge in [0.2, 0.25) is 5.91 Å². The van der Waals surface area contributed by atoms with Crippen LogP contribution >= 0.6 is 0 Å². The van der Waals surface area contributed by atoms with Crippen molar-refractivity contribution in [2.45, 2.75) is 32.1 Å². The molecule has 1 amide bonds. The highest BCUT2D eigenvalue weighted by Gasteiger charge is 2.17. The van der Waals surface area contributed by atoms with E-state index in [0.29, 0.717) is 19.5 Å². The van der Waals surface area contributed by atoms with E-state index in [1.165, 1.54) is 0 Å². The van der Waals surface area contributed by atoms with Crippen molar-refractivity contribution in [2.75, 3.05) is 27.2 Å². The Morgan fingerprint density at radius 2 is 2.00 bits per heavy atom. The van der Waals surface area contributed by atoms with Gasteiger partial charge in [-0.25, -0.2) is 5.10 Å². The normalized spacial score (nSPS) is 14.2. The number of aromatic amines is 1. The summed E-state index contributed by atoms with van der Waals surface area (Å²) in [7, 11) is 3.72. The molecule has 0 aromatic carbocycles. The van der Waals surface area contributed by atoms with Crippen LogP contribution in [0.15, 0.2) is 4.79 Å². The molecular weight excluding hydrogens is 256 g/mol. The zero-order chi connectivity index (χ0) is 14.5. The number of amides is 1. The highest BCUT2D eigenvalue weighted by molar-refractivity contribution is 5.77. The maximum atomic E-state index is 11.7. The Bertz CT molecular complexity index is 536. The van der Waals surface area contributed by atoms with Crippen LogP contribution in [0.25, 0.3) is 0 Å². The quantitative estimate of drug-likeness (QED) is 0.786. The Morgan fingerprint density at radius 1 is 1.30 bits per heavy atom. The Morgan fingerprint density at radius 3 is 2.70 bits per heavy atom. The molecule has 1 aliphatic rings. The van der Waals surface area contributed by atoms with Crippen molar-refractivity contribution in [1.29, 1.82) is 0 Å². The smallest absolute Gasteiger partial charge is 0.267 e. The van der Waals surface area contributed by atoms with Gasteiger partial charge in [0, 0.05) is 18.5 Å². The van der Waals surface area contributed by atoms with Gasteiger partial charge in [-0.1, -0.05) is 0 Å². The molecule has 1 aromatic heterocycles. The lowest BCUT2D eigenvalue weighted by atomic mass is 9.91. The van der Waals surface area contributed by atoms with Gasteiger partial charge < -0.3 is 10.2 Å². The molecule has 0 atom stereocenters.